The number of hydrogen-bond donors (Lipinski definition) is 1. The van der Waals surface area contributed by atoms with Gasteiger partial charge in [-0.2, -0.15) is 0 Å². The third-order valence-corrected chi connectivity index (χ3v) is 4.10. The molecule has 1 fully saturated rings. The summed E-state index contributed by atoms with van der Waals surface area (Å²) in [5.41, 5.74) is 0. The number of unbranched alkanes of at least 4 members (excludes halogenated alkanes) is 5. The van der Waals surface area contributed by atoms with E-state index in [2.05, 4.69) is 4.90 Å². The molecular weight excluding hydrogens is 278 g/mol. The summed E-state index contributed by atoms with van der Waals surface area (Å²) in [6.07, 6.45) is 7.45. The summed E-state index contributed by atoms with van der Waals surface area (Å²) < 4.78 is 10.9. The van der Waals surface area contributed by atoms with Crippen LogP contribution in [0.15, 0.2) is 24.3 Å². The van der Waals surface area contributed by atoms with Crippen LogP contribution in [0.1, 0.15) is 38.5 Å². The number of hydrogen-bond acceptors (Lipinski definition) is 4. The Morgan fingerprint density at radius 1 is 0.955 bits per heavy atom. The molecule has 0 bridgehead atoms. The molecule has 4 heteroatoms. The lowest BCUT2D eigenvalue weighted by molar-refractivity contribution is 0.0371. The summed E-state index contributed by atoms with van der Waals surface area (Å²) in [5.74, 6) is 0.818. The van der Waals surface area contributed by atoms with Gasteiger partial charge in [0, 0.05) is 13.1 Å². The van der Waals surface area contributed by atoms with Crippen molar-refractivity contribution in [1.29, 1.82) is 0 Å². The molecule has 124 valence electrons. The highest BCUT2D eigenvalue weighted by atomic mass is 16.5. The van der Waals surface area contributed by atoms with Gasteiger partial charge in [-0.15, -0.1) is 0 Å². The standard InChI is InChI=1S/C18H29NO3/c20-17-9-5-6-10-18(17)22-14-8-4-2-1-3-7-11-19-12-15-21-16-13-19/h5-6,9-10,20H,1-4,7-8,11-16H2. The molecule has 0 atom stereocenters. The number of rotatable bonds is 10. The van der Waals surface area contributed by atoms with Crippen LogP contribution < -0.4 is 4.74 Å². The highest BCUT2D eigenvalue weighted by Gasteiger charge is 2.08. The molecule has 4 nitrogen and oxygen atoms in total. The fourth-order valence-corrected chi connectivity index (χ4v) is 2.73. The van der Waals surface area contributed by atoms with E-state index in [4.69, 9.17) is 9.47 Å². The Bertz CT molecular complexity index is 405. The van der Waals surface area contributed by atoms with Crippen LogP contribution in [0.2, 0.25) is 0 Å². The molecule has 2 rings (SSSR count). The van der Waals surface area contributed by atoms with Crippen molar-refractivity contribution in [2.75, 3.05) is 39.5 Å². The molecule has 0 amide bonds. The number of phenolic OH excluding ortho intramolecular Hbond substituents is 1. The third-order valence-electron chi connectivity index (χ3n) is 4.10. The highest BCUT2D eigenvalue weighted by Crippen LogP contribution is 2.24. The highest BCUT2D eigenvalue weighted by molar-refractivity contribution is 5.37. The van der Waals surface area contributed by atoms with E-state index in [0.29, 0.717) is 12.4 Å². The number of phenols is 1. The van der Waals surface area contributed by atoms with Crippen molar-refractivity contribution in [2.45, 2.75) is 38.5 Å². The van der Waals surface area contributed by atoms with E-state index in [1.54, 1.807) is 18.2 Å². The zero-order valence-electron chi connectivity index (χ0n) is 13.5. The van der Waals surface area contributed by atoms with Crippen LogP contribution in [-0.4, -0.2) is 49.5 Å². The first-order valence-electron chi connectivity index (χ1n) is 8.57. The van der Waals surface area contributed by atoms with Gasteiger partial charge >= 0.3 is 0 Å². The van der Waals surface area contributed by atoms with Crippen molar-refractivity contribution in [1.82, 2.24) is 4.90 Å². The van der Waals surface area contributed by atoms with Gasteiger partial charge in [0.2, 0.25) is 0 Å². The molecule has 1 heterocycles. The first-order valence-corrected chi connectivity index (χ1v) is 8.57. The number of ether oxygens (including phenoxy) is 2. The normalized spacial score (nSPS) is 15.8. The first kappa shape index (κ1) is 17.1. The van der Waals surface area contributed by atoms with Crippen molar-refractivity contribution in [2.24, 2.45) is 0 Å². The Labute approximate surface area is 134 Å². The monoisotopic (exact) mass is 307 g/mol. The molecule has 1 saturated heterocycles. The predicted molar refractivity (Wildman–Crippen MR) is 88.6 cm³/mol. The average Bonchev–Trinajstić information content (AvgIpc) is 2.56. The lowest BCUT2D eigenvalue weighted by Gasteiger charge is -2.26. The van der Waals surface area contributed by atoms with Gasteiger partial charge in [0.05, 0.1) is 19.8 Å². The van der Waals surface area contributed by atoms with Gasteiger partial charge < -0.3 is 14.6 Å². The summed E-state index contributed by atoms with van der Waals surface area (Å²) in [5, 5.41) is 9.58. The summed E-state index contributed by atoms with van der Waals surface area (Å²) in [6.45, 7) is 5.91. The van der Waals surface area contributed by atoms with Gasteiger partial charge in [-0.1, -0.05) is 37.8 Å². The third kappa shape index (κ3) is 6.67. The second-order valence-electron chi connectivity index (χ2n) is 5.89. The Morgan fingerprint density at radius 3 is 2.41 bits per heavy atom. The van der Waals surface area contributed by atoms with Crippen LogP contribution >= 0.6 is 0 Å². The second-order valence-corrected chi connectivity index (χ2v) is 5.89. The molecule has 0 aliphatic carbocycles. The molecule has 1 aromatic rings. The Kier molecular flexibility index (Phi) is 8.13. The topological polar surface area (TPSA) is 41.9 Å². The molecule has 0 spiro atoms. The van der Waals surface area contributed by atoms with E-state index in [-0.39, 0.29) is 5.75 Å². The van der Waals surface area contributed by atoms with Crippen LogP contribution in [0.5, 0.6) is 11.5 Å². The lowest BCUT2D eigenvalue weighted by Crippen LogP contribution is -2.36. The van der Waals surface area contributed by atoms with Gasteiger partial charge in [0.15, 0.2) is 11.5 Å². The second kappa shape index (κ2) is 10.5. The minimum atomic E-state index is 0.227. The maximum absolute atomic E-state index is 9.58. The van der Waals surface area contributed by atoms with Crippen molar-refractivity contribution < 1.29 is 14.6 Å². The van der Waals surface area contributed by atoms with Gasteiger partial charge in [0.25, 0.3) is 0 Å². The van der Waals surface area contributed by atoms with E-state index in [1.165, 1.54) is 38.6 Å². The zero-order valence-corrected chi connectivity index (χ0v) is 13.5. The molecule has 0 radical (unpaired) electrons. The molecular formula is C18H29NO3. The number of benzene rings is 1. The van der Waals surface area contributed by atoms with Gasteiger partial charge in [0.1, 0.15) is 0 Å². The molecule has 1 aliphatic heterocycles. The number of nitrogens with zero attached hydrogens (tertiary/aromatic N) is 1. The molecule has 1 aromatic carbocycles. The van der Waals surface area contributed by atoms with Gasteiger partial charge in [-0.25, -0.2) is 0 Å². The number of aromatic hydroxyl groups is 1. The largest absolute Gasteiger partial charge is 0.504 e. The Balaban J connectivity index is 1.39. The summed E-state index contributed by atoms with van der Waals surface area (Å²) in [6, 6.07) is 7.15. The van der Waals surface area contributed by atoms with Gasteiger partial charge in [-0.05, 0) is 31.5 Å². The van der Waals surface area contributed by atoms with Crippen LogP contribution in [-0.2, 0) is 4.74 Å². The van der Waals surface area contributed by atoms with E-state index in [0.717, 1.165) is 32.7 Å². The molecule has 0 saturated carbocycles. The molecule has 1 N–H and O–H groups in total. The Hall–Kier alpha value is -1.26. The maximum atomic E-state index is 9.58. The first-order chi connectivity index (χ1) is 10.9. The van der Waals surface area contributed by atoms with Crippen molar-refractivity contribution in [3.05, 3.63) is 24.3 Å². The maximum Gasteiger partial charge on any atom is 0.160 e. The molecule has 22 heavy (non-hydrogen) atoms. The van der Waals surface area contributed by atoms with Crippen LogP contribution in [0.4, 0.5) is 0 Å². The van der Waals surface area contributed by atoms with Gasteiger partial charge in [-0.3, -0.25) is 4.90 Å². The SMILES string of the molecule is Oc1ccccc1OCCCCCCCCN1CCOCC1. The molecule has 0 aromatic heterocycles. The summed E-state index contributed by atoms with van der Waals surface area (Å²) in [4.78, 5) is 2.50. The zero-order chi connectivity index (χ0) is 15.5. The number of para-hydroxylation sites is 2. The summed E-state index contributed by atoms with van der Waals surface area (Å²) >= 11 is 0. The fourth-order valence-electron chi connectivity index (χ4n) is 2.73. The Morgan fingerprint density at radius 2 is 1.64 bits per heavy atom. The van der Waals surface area contributed by atoms with Crippen LogP contribution in [0.25, 0.3) is 0 Å². The van der Waals surface area contributed by atoms with E-state index in [1.807, 2.05) is 6.07 Å². The molecule has 1 aliphatic rings. The van der Waals surface area contributed by atoms with E-state index in [9.17, 15) is 5.11 Å². The minimum absolute atomic E-state index is 0.227. The average molecular weight is 307 g/mol. The van der Waals surface area contributed by atoms with Crippen molar-refractivity contribution >= 4 is 0 Å². The van der Waals surface area contributed by atoms with E-state index < -0.39 is 0 Å². The summed E-state index contributed by atoms with van der Waals surface area (Å²) in [7, 11) is 0. The molecule has 0 unspecified atom stereocenters. The minimum Gasteiger partial charge on any atom is -0.504 e. The van der Waals surface area contributed by atoms with Crippen LogP contribution in [0.3, 0.4) is 0 Å². The smallest absolute Gasteiger partial charge is 0.160 e. The van der Waals surface area contributed by atoms with Crippen LogP contribution in [0, 0.1) is 0 Å². The van der Waals surface area contributed by atoms with Crippen molar-refractivity contribution in [3.63, 3.8) is 0 Å². The van der Waals surface area contributed by atoms with E-state index >= 15 is 0 Å². The number of morpholine rings is 1. The predicted octanol–water partition coefficient (Wildman–Crippen LogP) is 3.44. The quantitative estimate of drug-likeness (QED) is 0.672. The van der Waals surface area contributed by atoms with Crippen molar-refractivity contribution in [3.8, 4) is 11.5 Å². The lowest BCUT2D eigenvalue weighted by atomic mass is 10.1. The fraction of sp³-hybridized carbons (Fsp3) is 0.667.